The molecule has 1 aliphatic rings. The predicted molar refractivity (Wildman–Crippen MR) is 82.3 cm³/mol. The van der Waals surface area contributed by atoms with Gasteiger partial charge in [0.2, 0.25) is 0 Å². The molecule has 1 aromatic rings. The third-order valence-electron chi connectivity index (χ3n) is 3.65. The first-order chi connectivity index (χ1) is 9.47. The zero-order chi connectivity index (χ0) is 14.8. The van der Waals surface area contributed by atoms with E-state index in [4.69, 9.17) is 10.2 Å². The molecular formula is C13H22N2O3S2. The molecule has 0 aromatic carbocycles. The molecule has 1 aliphatic heterocycles. The number of furan rings is 1. The fourth-order valence-electron chi connectivity index (χ4n) is 2.38. The van der Waals surface area contributed by atoms with Gasteiger partial charge in [-0.05, 0) is 13.0 Å². The van der Waals surface area contributed by atoms with Crippen molar-refractivity contribution >= 4 is 21.6 Å². The number of nitrogens with zero attached hydrogens (tertiary/aromatic N) is 1. The smallest absolute Gasteiger partial charge is 0.166 e. The first-order valence-corrected chi connectivity index (χ1v) is 9.66. The van der Waals surface area contributed by atoms with Crippen LogP contribution >= 0.6 is 11.8 Å². The second kappa shape index (κ2) is 6.51. The SMILES string of the molecule is CCS(=O)(=O)C1CSCCN1Cc1cc(CN)oc1C. The molecule has 1 fully saturated rings. The molecule has 5 nitrogen and oxygen atoms in total. The Labute approximate surface area is 124 Å². The first kappa shape index (κ1) is 15.9. The van der Waals surface area contributed by atoms with Crippen molar-refractivity contribution in [1.29, 1.82) is 0 Å². The fourth-order valence-corrected chi connectivity index (χ4v) is 5.46. The Bertz CT molecular complexity index is 554. The van der Waals surface area contributed by atoms with Crippen LogP contribution in [0.2, 0.25) is 0 Å². The molecule has 1 aromatic heterocycles. The van der Waals surface area contributed by atoms with Gasteiger partial charge in [0.15, 0.2) is 9.84 Å². The van der Waals surface area contributed by atoms with Gasteiger partial charge in [0.1, 0.15) is 16.9 Å². The summed E-state index contributed by atoms with van der Waals surface area (Å²) in [6.07, 6.45) is 0. The Morgan fingerprint density at radius 3 is 2.90 bits per heavy atom. The number of hydrogen-bond donors (Lipinski definition) is 1. The van der Waals surface area contributed by atoms with E-state index < -0.39 is 9.84 Å². The normalized spacial score (nSPS) is 21.2. The monoisotopic (exact) mass is 318 g/mol. The minimum atomic E-state index is -3.05. The highest BCUT2D eigenvalue weighted by molar-refractivity contribution is 8.01. The van der Waals surface area contributed by atoms with Gasteiger partial charge in [0, 0.05) is 35.9 Å². The van der Waals surface area contributed by atoms with Crippen molar-refractivity contribution < 1.29 is 12.8 Å². The average molecular weight is 318 g/mol. The highest BCUT2D eigenvalue weighted by Crippen LogP contribution is 2.25. The molecule has 0 saturated carbocycles. The molecule has 0 radical (unpaired) electrons. The van der Waals surface area contributed by atoms with Gasteiger partial charge in [-0.25, -0.2) is 8.42 Å². The number of hydrogen-bond acceptors (Lipinski definition) is 6. The third kappa shape index (κ3) is 3.39. The van der Waals surface area contributed by atoms with E-state index >= 15 is 0 Å². The second-order valence-electron chi connectivity index (χ2n) is 4.95. The summed E-state index contributed by atoms with van der Waals surface area (Å²) in [5, 5.41) is -0.387. The summed E-state index contributed by atoms with van der Waals surface area (Å²) in [5.41, 5.74) is 6.61. The van der Waals surface area contributed by atoms with E-state index in [1.165, 1.54) is 0 Å². The summed E-state index contributed by atoms with van der Waals surface area (Å²) in [5.74, 6) is 3.38. The van der Waals surface area contributed by atoms with Crippen LogP contribution in [0, 0.1) is 6.92 Å². The maximum atomic E-state index is 12.2. The maximum absolute atomic E-state index is 12.2. The van der Waals surface area contributed by atoms with Crippen LogP contribution in [0.3, 0.4) is 0 Å². The molecule has 0 bridgehead atoms. The molecule has 0 amide bonds. The summed E-state index contributed by atoms with van der Waals surface area (Å²) >= 11 is 1.71. The summed E-state index contributed by atoms with van der Waals surface area (Å²) < 4.78 is 30.0. The summed E-state index contributed by atoms with van der Waals surface area (Å²) in [4.78, 5) is 2.05. The van der Waals surface area contributed by atoms with Crippen LogP contribution in [-0.2, 0) is 22.9 Å². The van der Waals surface area contributed by atoms with E-state index in [0.717, 1.165) is 29.4 Å². The van der Waals surface area contributed by atoms with Gasteiger partial charge in [-0.1, -0.05) is 6.92 Å². The lowest BCUT2D eigenvalue weighted by Crippen LogP contribution is -2.47. The molecule has 114 valence electrons. The molecule has 2 rings (SSSR count). The number of nitrogens with two attached hydrogens (primary N) is 1. The van der Waals surface area contributed by atoms with Crippen molar-refractivity contribution in [1.82, 2.24) is 4.90 Å². The van der Waals surface area contributed by atoms with Gasteiger partial charge < -0.3 is 10.2 Å². The van der Waals surface area contributed by atoms with Gasteiger partial charge in [0.05, 0.1) is 6.54 Å². The Kier molecular flexibility index (Phi) is 5.17. The van der Waals surface area contributed by atoms with Gasteiger partial charge in [0.25, 0.3) is 0 Å². The van der Waals surface area contributed by atoms with E-state index in [0.29, 0.717) is 18.8 Å². The molecule has 7 heteroatoms. The Hall–Kier alpha value is -0.500. The van der Waals surface area contributed by atoms with Crippen LogP contribution in [0.4, 0.5) is 0 Å². The molecule has 2 N–H and O–H groups in total. The topological polar surface area (TPSA) is 76.5 Å². The van der Waals surface area contributed by atoms with E-state index in [-0.39, 0.29) is 11.1 Å². The summed E-state index contributed by atoms with van der Waals surface area (Å²) in [6.45, 7) is 5.38. The zero-order valence-corrected chi connectivity index (χ0v) is 13.6. The molecule has 0 spiro atoms. The molecule has 1 unspecified atom stereocenters. The minimum absolute atomic E-state index is 0.188. The van der Waals surface area contributed by atoms with Crippen molar-refractivity contribution in [3.63, 3.8) is 0 Å². The van der Waals surface area contributed by atoms with E-state index in [1.54, 1.807) is 18.7 Å². The average Bonchev–Trinajstić information content (AvgIpc) is 2.80. The van der Waals surface area contributed by atoms with Crippen LogP contribution in [-0.4, -0.2) is 42.5 Å². The van der Waals surface area contributed by atoms with Crippen LogP contribution in [0.15, 0.2) is 10.5 Å². The lowest BCUT2D eigenvalue weighted by Gasteiger charge is -2.34. The number of rotatable bonds is 5. The van der Waals surface area contributed by atoms with E-state index in [2.05, 4.69) is 0 Å². The van der Waals surface area contributed by atoms with Crippen LogP contribution < -0.4 is 5.73 Å². The Morgan fingerprint density at radius 2 is 2.30 bits per heavy atom. The van der Waals surface area contributed by atoms with E-state index in [1.807, 2.05) is 17.9 Å². The van der Waals surface area contributed by atoms with Crippen LogP contribution in [0.5, 0.6) is 0 Å². The van der Waals surface area contributed by atoms with Crippen molar-refractivity contribution in [2.45, 2.75) is 32.3 Å². The Morgan fingerprint density at radius 1 is 1.55 bits per heavy atom. The summed E-state index contributed by atoms with van der Waals surface area (Å²) in [6, 6.07) is 1.94. The van der Waals surface area contributed by atoms with Gasteiger partial charge in [-0.3, -0.25) is 4.90 Å². The minimum Gasteiger partial charge on any atom is -0.465 e. The standard InChI is InChI=1S/C13H22N2O3S2/c1-3-20(16,17)13-9-19-5-4-15(13)8-11-6-12(7-14)18-10(11)2/h6,13H,3-5,7-9,14H2,1-2H3. The lowest BCUT2D eigenvalue weighted by atomic mass is 10.2. The maximum Gasteiger partial charge on any atom is 0.166 e. The number of aryl methyl sites for hydroxylation is 1. The molecule has 2 heterocycles. The molecule has 20 heavy (non-hydrogen) atoms. The van der Waals surface area contributed by atoms with Crippen molar-refractivity contribution in [3.05, 3.63) is 23.2 Å². The highest BCUT2D eigenvalue weighted by atomic mass is 32.2. The molecule has 0 aliphatic carbocycles. The molecule has 1 saturated heterocycles. The quantitative estimate of drug-likeness (QED) is 0.883. The molecule has 1 atom stereocenters. The third-order valence-corrected chi connectivity index (χ3v) is 6.99. The summed E-state index contributed by atoms with van der Waals surface area (Å²) in [7, 11) is -3.05. The molecular weight excluding hydrogens is 296 g/mol. The van der Waals surface area contributed by atoms with Gasteiger partial charge in [-0.2, -0.15) is 11.8 Å². The van der Waals surface area contributed by atoms with Gasteiger partial charge >= 0.3 is 0 Å². The number of sulfone groups is 1. The van der Waals surface area contributed by atoms with Crippen molar-refractivity contribution in [2.24, 2.45) is 5.73 Å². The van der Waals surface area contributed by atoms with Crippen molar-refractivity contribution in [2.75, 3.05) is 23.8 Å². The van der Waals surface area contributed by atoms with Crippen LogP contribution in [0.1, 0.15) is 24.0 Å². The largest absolute Gasteiger partial charge is 0.465 e. The first-order valence-electron chi connectivity index (χ1n) is 6.79. The number of thioether (sulfide) groups is 1. The van der Waals surface area contributed by atoms with Crippen LogP contribution in [0.25, 0.3) is 0 Å². The lowest BCUT2D eigenvalue weighted by molar-refractivity contribution is 0.260. The predicted octanol–water partition coefficient (Wildman–Crippen LogP) is 1.36. The van der Waals surface area contributed by atoms with Gasteiger partial charge in [-0.15, -0.1) is 0 Å². The highest BCUT2D eigenvalue weighted by Gasteiger charge is 2.33. The van der Waals surface area contributed by atoms with Crippen molar-refractivity contribution in [3.8, 4) is 0 Å². The second-order valence-corrected chi connectivity index (χ2v) is 8.55. The Balaban J connectivity index is 2.18. The van der Waals surface area contributed by atoms with E-state index in [9.17, 15) is 8.42 Å². The fraction of sp³-hybridized carbons (Fsp3) is 0.692. The zero-order valence-electron chi connectivity index (χ0n) is 12.0.